The Balaban J connectivity index is 1.65. The van der Waals surface area contributed by atoms with E-state index in [0.717, 1.165) is 22.4 Å². The van der Waals surface area contributed by atoms with Crippen LogP contribution in [0.3, 0.4) is 0 Å². The summed E-state index contributed by atoms with van der Waals surface area (Å²) in [6.07, 6.45) is 0.912. The number of aryl methyl sites for hydroxylation is 2. The lowest BCUT2D eigenvalue weighted by Gasteiger charge is -2.16. The molecule has 24 heavy (non-hydrogen) atoms. The zero-order chi connectivity index (χ0) is 17.1. The zero-order valence-electron chi connectivity index (χ0n) is 14.1. The topological polar surface area (TPSA) is 49.4 Å². The standard InChI is InChI=1S/C20H22N2O2/c1-14-10-15(2)12-17(11-14)21-18-13-19(23)22(20(18)24)9-8-16-6-4-3-5-7-16/h3-7,10-12,18,21H,8-9,13H2,1-2H3/t18-/m0/s1. The fourth-order valence-corrected chi connectivity index (χ4v) is 3.18. The van der Waals surface area contributed by atoms with Crippen molar-refractivity contribution in [2.75, 3.05) is 11.9 Å². The number of anilines is 1. The third-order valence-electron chi connectivity index (χ3n) is 4.27. The van der Waals surface area contributed by atoms with Crippen LogP contribution in [0, 0.1) is 13.8 Å². The number of likely N-dealkylation sites (tertiary alicyclic amines) is 1. The maximum absolute atomic E-state index is 12.6. The lowest BCUT2D eigenvalue weighted by Crippen LogP contribution is -2.36. The maximum Gasteiger partial charge on any atom is 0.252 e. The molecule has 4 nitrogen and oxygen atoms in total. The average molecular weight is 322 g/mol. The first-order valence-electron chi connectivity index (χ1n) is 8.26. The molecule has 0 bridgehead atoms. The van der Waals surface area contributed by atoms with E-state index in [2.05, 4.69) is 11.4 Å². The molecular weight excluding hydrogens is 300 g/mol. The molecule has 2 aromatic rings. The van der Waals surface area contributed by atoms with Crippen LogP contribution in [0.2, 0.25) is 0 Å². The number of amides is 2. The average Bonchev–Trinajstić information content (AvgIpc) is 2.79. The third-order valence-corrected chi connectivity index (χ3v) is 4.27. The zero-order valence-corrected chi connectivity index (χ0v) is 14.1. The van der Waals surface area contributed by atoms with E-state index in [9.17, 15) is 9.59 Å². The molecule has 1 saturated heterocycles. The second kappa shape index (κ2) is 6.87. The number of imide groups is 1. The second-order valence-corrected chi connectivity index (χ2v) is 6.40. The molecule has 3 rings (SSSR count). The molecule has 1 fully saturated rings. The van der Waals surface area contributed by atoms with E-state index in [4.69, 9.17) is 0 Å². The van der Waals surface area contributed by atoms with Crippen molar-refractivity contribution in [1.29, 1.82) is 0 Å². The van der Waals surface area contributed by atoms with Crippen molar-refractivity contribution >= 4 is 17.5 Å². The number of hydrogen-bond donors (Lipinski definition) is 1. The normalized spacial score (nSPS) is 17.4. The van der Waals surface area contributed by atoms with Crippen LogP contribution in [0.1, 0.15) is 23.1 Å². The first-order valence-corrected chi connectivity index (χ1v) is 8.26. The number of rotatable bonds is 5. The summed E-state index contributed by atoms with van der Waals surface area (Å²) in [6.45, 7) is 4.48. The van der Waals surface area contributed by atoms with Crippen molar-refractivity contribution in [2.24, 2.45) is 0 Å². The van der Waals surface area contributed by atoms with Crippen molar-refractivity contribution in [3.05, 3.63) is 65.2 Å². The van der Waals surface area contributed by atoms with Crippen molar-refractivity contribution in [1.82, 2.24) is 4.90 Å². The summed E-state index contributed by atoms with van der Waals surface area (Å²) in [7, 11) is 0. The van der Waals surface area contributed by atoms with Gasteiger partial charge in [-0.1, -0.05) is 36.4 Å². The number of carbonyl (C=O) groups is 2. The van der Waals surface area contributed by atoms with Crippen LogP contribution >= 0.6 is 0 Å². The highest BCUT2D eigenvalue weighted by atomic mass is 16.2. The first-order chi connectivity index (χ1) is 11.5. The SMILES string of the molecule is Cc1cc(C)cc(N[C@H]2CC(=O)N(CCc3ccccc3)C2=O)c1. The van der Waals surface area contributed by atoms with E-state index in [1.807, 2.05) is 56.3 Å². The van der Waals surface area contributed by atoms with Gasteiger partial charge in [-0.25, -0.2) is 0 Å². The fraction of sp³-hybridized carbons (Fsp3) is 0.300. The number of benzene rings is 2. The molecular formula is C20H22N2O2. The Morgan fingerprint density at radius 2 is 1.71 bits per heavy atom. The first kappa shape index (κ1) is 16.2. The Kier molecular flexibility index (Phi) is 4.65. The van der Waals surface area contributed by atoms with Crippen LogP contribution in [0.4, 0.5) is 5.69 Å². The lowest BCUT2D eigenvalue weighted by atomic mass is 10.1. The molecule has 4 heteroatoms. The van der Waals surface area contributed by atoms with Crippen LogP contribution in [-0.4, -0.2) is 29.3 Å². The fourth-order valence-electron chi connectivity index (χ4n) is 3.18. The predicted molar refractivity (Wildman–Crippen MR) is 94.8 cm³/mol. The largest absolute Gasteiger partial charge is 0.373 e. The molecule has 0 radical (unpaired) electrons. The monoisotopic (exact) mass is 322 g/mol. The van der Waals surface area contributed by atoms with Gasteiger partial charge in [0.25, 0.3) is 5.91 Å². The molecule has 124 valence electrons. The Bertz CT molecular complexity index is 735. The van der Waals surface area contributed by atoms with Crippen LogP contribution in [-0.2, 0) is 16.0 Å². The van der Waals surface area contributed by atoms with E-state index in [1.165, 1.54) is 4.90 Å². The van der Waals surface area contributed by atoms with Gasteiger partial charge in [0.15, 0.2) is 0 Å². The van der Waals surface area contributed by atoms with Gasteiger partial charge in [-0.15, -0.1) is 0 Å². The highest BCUT2D eigenvalue weighted by molar-refractivity contribution is 6.06. The van der Waals surface area contributed by atoms with Gasteiger partial charge in [-0.3, -0.25) is 14.5 Å². The minimum atomic E-state index is -0.463. The predicted octanol–water partition coefficient (Wildman–Crippen LogP) is 3.09. The van der Waals surface area contributed by atoms with E-state index in [1.54, 1.807) is 0 Å². The Labute approximate surface area is 142 Å². The van der Waals surface area contributed by atoms with Gasteiger partial charge in [0.2, 0.25) is 5.91 Å². The van der Waals surface area contributed by atoms with Crippen molar-refractivity contribution in [2.45, 2.75) is 32.7 Å². The smallest absolute Gasteiger partial charge is 0.252 e. The van der Waals surface area contributed by atoms with Gasteiger partial charge in [0.05, 0.1) is 6.42 Å². The summed E-state index contributed by atoms with van der Waals surface area (Å²) in [5.74, 6) is -0.229. The number of carbonyl (C=O) groups excluding carboxylic acids is 2. The summed E-state index contributed by atoms with van der Waals surface area (Å²) >= 11 is 0. The molecule has 0 saturated carbocycles. The quantitative estimate of drug-likeness (QED) is 0.861. The molecule has 2 aromatic carbocycles. The molecule has 1 aliphatic rings. The number of nitrogens with zero attached hydrogens (tertiary/aromatic N) is 1. The minimum absolute atomic E-state index is 0.0993. The summed E-state index contributed by atoms with van der Waals surface area (Å²) in [6, 6.07) is 15.5. The third kappa shape index (κ3) is 3.65. The molecule has 0 spiro atoms. The number of nitrogens with one attached hydrogen (secondary N) is 1. The molecule has 0 aliphatic carbocycles. The summed E-state index contributed by atoms with van der Waals surface area (Å²) in [4.78, 5) is 26.1. The van der Waals surface area contributed by atoms with Gasteiger partial charge in [-0.05, 0) is 49.1 Å². The van der Waals surface area contributed by atoms with E-state index >= 15 is 0 Å². The van der Waals surface area contributed by atoms with Crippen LogP contribution in [0.15, 0.2) is 48.5 Å². The van der Waals surface area contributed by atoms with Crippen molar-refractivity contribution in [3.8, 4) is 0 Å². The lowest BCUT2D eigenvalue weighted by molar-refractivity contribution is -0.138. The van der Waals surface area contributed by atoms with E-state index in [-0.39, 0.29) is 18.2 Å². The Morgan fingerprint density at radius 1 is 1.04 bits per heavy atom. The maximum atomic E-state index is 12.6. The van der Waals surface area contributed by atoms with Crippen LogP contribution < -0.4 is 5.32 Å². The summed E-state index contributed by atoms with van der Waals surface area (Å²) in [5.41, 5.74) is 4.29. The van der Waals surface area contributed by atoms with Gasteiger partial charge in [0.1, 0.15) is 6.04 Å². The summed E-state index contributed by atoms with van der Waals surface area (Å²) in [5, 5.41) is 3.22. The Morgan fingerprint density at radius 3 is 2.38 bits per heavy atom. The molecule has 1 heterocycles. The van der Waals surface area contributed by atoms with Crippen LogP contribution in [0.5, 0.6) is 0 Å². The van der Waals surface area contributed by atoms with Crippen molar-refractivity contribution < 1.29 is 9.59 Å². The highest BCUT2D eigenvalue weighted by Crippen LogP contribution is 2.21. The molecule has 0 aromatic heterocycles. The van der Waals surface area contributed by atoms with E-state index in [0.29, 0.717) is 13.0 Å². The molecule has 1 N–H and O–H groups in total. The summed E-state index contributed by atoms with van der Waals surface area (Å²) < 4.78 is 0. The molecule has 0 unspecified atom stereocenters. The van der Waals surface area contributed by atoms with Gasteiger partial charge < -0.3 is 5.32 Å². The highest BCUT2D eigenvalue weighted by Gasteiger charge is 2.38. The molecule has 2 amide bonds. The van der Waals surface area contributed by atoms with Gasteiger partial charge >= 0.3 is 0 Å². The van der Waals surface area contributed by atoms with Gasteiger partial charge in [0, 0.05) is 12.2 Å². The van der Waals surface area contributed by atoms with Crippen molar-refractivity contribution in [3.63, 3.8) is 0 Å². The Hall–Kier alpha value is -2.62. The number of hydrogen-bond acceptors (Lipinski definition) is 3. The van der Waals surface area contributed by atoms with Gasteiger partial charge in [-0.2, -0.15) is 0 Å². The molecule has 1 aliphatic heterocycles. The van der Waals surface area contributed by atoms with E-state index < -0.39 is 6.04 Å². The minimum Gasteiger partial charge on any atom is -0.373 e. The van der Waals surface area contributed by atoms with Crippen LogP contribution in [0.25, 0.3) is 0 Å². The molecule has 1 atom stereocenters. The second-order valence-electron chi connectivity index (χ2n) is 6.40.